The molecule has 0 aliphatic carbocycles. The van der Waals surface area contributed by atoms with Gasteiger partial charge < -0.3 is 24.2 Å². The first kappa shape index (κ1) is 20.4. The molecule has 1 heterocycles. The molecule has 1 fully saturated rings. The van der Waals surface area contributed by atoms with Gasteiger partial charge in [0.15, 0.2) is 11.5 Å². The number of methoxy groups -OCH3 is 3. The summed E-state index contributed by atoms with van der Waals surface area (Å²) in [4.78, 5) is 27.1. The van der Waals surface area contributed by atoms with E-state index in [4.69, 9.17) is 14.2 Å². The van der Waals surface area contributed by atoms with Gasteiger partial charge >= 0.3 is 0 Å². The number of carbonyl (C=O) groups excluding carboxylic acids is 2. The van der Waals surface area contributed by atoms with Crippen LogP contribution in [0.15, 0.2) is 54.1 Å². The lowest BCUT2D eigenvalue weighted by Crippen LogP contribution is -2.32. The summed E-state index contributed by atoms with van der Waals surface area (Å²) in [6, 6.07) is 13.0. The highest BCUT2D eigenvalue weighted by Gasteiger charge is 2.47. The summed E-state index contributed by atoms with van der Waals surface area (Å²) in [5, 5.41) is 11.0. The quantitative estimate of drug-likeness (QED) is 0.439. The zero-order valence-electron chi connectivity index (χ0n) is 16.5. The van der Waals surface area contributed by atoms with Gasteiger partial charge in [-0.25, -0.2) is 0 Å². The van der Waals surface area contributed by atoms with Crippen LogP contribution in [-0.4, -0.2) is 56.2 Å². The number of amides is 1. The highest BCUT2D eigenvalue weighted by molar-refractivity contribution is 6.46. The van der Waals surface area contributed by atoms with Gasteiger partial charge in [0.25, 0.3) is 11.7 Å². The van der Waals surface area contributed by atoms with Crippen LogP contribution in [0.3, 0.4) is 0 Å². The number of rotatable bonds is 7. The second kappa shape index (κ2) is 8.79. The molecule has 7 heteroatoms. The van der Waals surface area contributed by atoms with E-state index in [0.29, 0.717) is 22.6 Å². The Hall–Kier alpha value is -3.32. The predicted molar refractivity (Wildman–Crippen MR) is 107 cm³/mol. The van der Waals surface area contributed by atoms with Gasteiger partial charge in [0.05, 0.1) is 32.4 Å². The van der Waals surface area contributed by atoms with Crippen molar-refractivity contribution < 1.29 is 28.9 Å². The standard InChI is InChI=1S/C22H23NO6/c1-27-13-12-23-18(15-10-7-11-16(28-2)21(15)29-3)17(20(25)22(23)26)19(24)14-8-5-4-6-9-14/h4-11,18,24H,12-13H2,1-3H3/b19-17+. The topological polar surface area (TPSA) is 85.3 Å². The molecule has 7 nitrogen and oxygen atoms in total. The first-order valence-electron chi connectivity index (χ1n) is 9.08. The predicted octanol–water partition coefficient (Wildman–Crippen LogP) is 2.77. The normalized spacial score (nSPS) is 18.2. The smallest absolute Gasteiger partial charge is 0.295 e. The van der Waals surface area contributed by atoms with Gasteiger partial charge in [-0.05, 0) is 6.07 Å². The molecule has 1 N–H and O–H groups in total. The van der Waals surface area contributed by atoms with Gasteiger partial charge in [-0.15, -0.1) is 0 Å². The largest absolute Gasteiger partial charge is 0.507 e. The van der Waals surface area contributed by atoms with Crippen LogP contribution >= 0.6 is 0 Å². The third-order valence-electron chi connectivity index (χ3n) is 4.85. The molecule has 0 bridgehead atoms. The molecule has 0 saturated carbocycles. The van der Waals surface area contributed by atoms with E-state index in [1.165, 1.54) is 26.2 Å². The van der Waals surface area contributed by atoms with Gasteiger partial charge in [0.1, 0.15) is 5.76 Å². The second-order valence-electron chi connectivity index (χ2n) is 6.43. The monoisotopic (exact) mass is 397 g/mol. The van der Waals surface area contributed by atoms with E-state index in [1.54, 1.807) is 48.5 Å². The fraction of sp³-hybridized carbons (Fsp3) is 0.273. The van der Waals surface area contributed by atoms with Crippen molar-refractivity contribution in [1.82, 2.24) is 4.90 Å². The molecule has 2 aromatic rings. The lowest BCUT2D eigenvalue weighted by atomic mass is 9.94. The Morgan fingerprint density at radius 3 is 2.34 bits per heavy atom. The molecule has 152 valence electrons. The van der Waals surface area contributed by atoms with Crippen LogP contribution in [0.2, 0.25) is 0 Å². The molecule has 0 spiro atoms. The third kappa shape index (κ3) is 3.69. The van der Waals surface area contributed by atoms with E-state index >= 15 is 0 Å². The minimum atomic E-state index is -0.838. The zero-order chi connectivity index (χ0) is 21.0. The number of aliphatic hydroxyl groups is 1. The maximum absolute atomic E-state index is 12.9. The lowest BCUT2D eigenvalue weighted by molar-refractivity contribution is -0.140. The number of hydrogen-bond acceptors (Lipinski definition) is 6. The Kier molecular flexibility index (Phi) is 6.19. The van der Waals surface area contributed by atoms with Crippen LogP contribution in [0.4, 0.5) is 0 Å². The van der Waals surface area contributed by atoms with Crippen molar-refractivity contribution in [1.29, 1.82) is 0 Å². The van der Waals surface area contributed by atoms with Crippen molar-refractivity contribution in [3.63, 3.8) is 0 Å². The summed E-state index contributed by atoms with van der Waals surface area (Å²) in [5.74, 6) is -0.837. The molecule has 1 unspecified atom stereocenters. The number of nitrogens with zero attached hydrogens (tertiary/aromatic N) is 1. The van der Waals surface area contributed by atoms with Gasteiger partial charge in [-0.3, -0.25) is 9.59 Å². The number of hydrogen-bond donors (Lipinski definition) is 1. The van der Waals surface area contributed by atoms with E-state index in [1.807, 2.05) is 0 Å². The molecular weight excluding hydrogens is 374 g/mol. The molecule has 1 atom stereocenters. The van der Waals surface area contributed by atoms with E-state index in [-0.39, 0.29) is 24.5 Å². The fourth-order valence-corrected chi connectivity index (χ4v) is 3.50. The molecule has 29 heavy (non-hydrogen) atoms. The van der Waals surface area contributed by atoms with Crippen LogP contribution in [0, 0.1) is 0 Å². The fourth-order valence-electron chi connectivity index (χ4n) is 3.50. The van der Waals surface area contributed by atoms with Crippen LogP contribution in [0.1, 0.15) is 17.2 Å². The summed E-state index contributed by atoms with van der Waals surface area (Å²) in [5.41, 5.74) is 0.993. The van der Waals surface area contributed by atoms with Crippen molar-refractivity contribution >= 4 is 17.4 Å². The van der Waals surface area contributed by atoms with Crippen molar-refractivity contribution in [2.24, 2.45) is 0 Å². The van der Waals surface area contributed by atoms with Crippen LogP contribution in [0.25, 0.3) is 5.76 Å². The van der Waals surface area contributed by atoms with E-state index < -0.39 is 17.7 Å². The number of ether oxygens (including phenoxy) is 3. The minimum Gasteiger partial charge on any atom is -0.507 e. The van der Waals surface area contributed by atoms with Crippen molar-refractivity contribution in [3.8, 4) is 11.5 Å². The van der Waals surface area contributed by atoms with E-state index in [2.05, 4.69) is 0 Å². The minimum absolute atomic E-state index is 0.00357. The number of aliphatic hydroxyl groups excluding tert-OH is 1. The molecule has 1 amide bonds. The summed E-state index contributed by atoms with van der Waals surface area (Å²) >= 11 is 0. The van der Waals surface area contributed by atoms with E-state index in [9.17, 15) is 14.7 Å². The van der Waals surface area contributed by atoms with E-state index in [0.717, 1.165) is 0 Å². The Morgan fingerprint density at radius 2 is 1.72 bits per heavy atom. The first-order valence-corrected chi connectivity index (χ1v) is 9.08. The first-order chi connectivity index (χ1) is 14.0. The van der Waals surface area contributed by atoms with Crippen molar-refractivity contribution in [2.75, 3.05) is 34.5 Å². The SMILES string of the molecule is COCCN1C(=O)C(=O)/C(=C(/O)c2ccccc2)C1c1cccc(OC)c1OC. The van der Waals surface area contributed by atoms with Crippen LogP contribution in [-0.2, 0) is 14.3 Å². The molecule has 0 radical (unpaired) electrons. The summed E-state index contributed by atoms with van der Waals surface area (Å²) in [6.07, 6.45) is 0. The number of carbonyl (C=O) groups is 2. The maximum atomic E-state index is 12.9. The zero-order valence-corrected chi connectivity index (χ0v) is 16.5. The Balaban J connectivity index is 2.25. The summed E-state index contributed by atoms with van der Waals surface area (Å²) in [7, 11) is 4.51. The summed E-state index contributed by atoms with van der Waals surface area (Å²) < 4.78 is 16.0. The maximum Gasteiger partial charge on any atom is 0.295 e. The molecule has 1 aliphatic rings. The number of ketones is 1. The molecule has 3 rings (SSSR count). The van der Waals surface area contributed by atoms with Gasteiger partial charge in [-0.2, -0.15) is 0 Å². The molecule has 1 saturated heterocycles. The van der Waals surface area contributed by atoms with Gasteiger partial charge in [0, 0.05) is 24.8 Å². The highest BCUT2D eigenvalue weighted by Crippen LogP contribution is 2.45. The van der Waals surface area contributed by atoms with Crippen molar-refractivity contribution in [2.45, 2.75) is 6.04 Å². The Labute approximate surface area is 169 Å². The molecular formula is C22H23NO6. The molecule has 2 aromatic carbocycles. The number of likely N-dealkylation sites (tertiary alicyclic amines) is 1. The van der Waals surface area contributed by atoms with Crippen molar-refractivity contribution in [3.05, 3.63) is 65.2 Å². The highest BCUT2D eigenvalue weighted by atomic mass is 16.5. The average molecular weight is 397 g/mol. The van der Waals surface area contributed by atoms with Crippen LogP contribution in [0.5, 0.6) is 11.5 Å². The second-order valence-corrected chi connectivity index (χ2v) is 6.43. The Bertz CT molecular complexity index is 938. The molecule has 1 aliphatic heterocycles. The third-order valence-corrected chi connectivity index (χ3v) is 4.85. The number of para-hydroxylation sites is 1. The summed E-state index contributed by atoms with van der Waals surface area (Å²) in [6.45, 7) is 0.416. The Morgan fingerprint density at radius 1 is 1.00 bits per heavy atom. The number of benzene rings is 2. The average Bonchev–Trinajstić information content (AvgIpc) is 3.01. The molecule has 0 aromatic heterocycles. The van der Waals surface area contributed by atoms with Gasteiger partial charge in [-0.1, -0.05) is 42.5 Å². The van der Waals surface area contributed by atoms with Gasteiger partial charge in [0.2, 0.25) is 0 Å². The van der Waals surface area contributed by atoms with Crippen LogP contribution < -0.4 is 9.47 Å². The lowest BCUT2D eigenvalue weighted by Gasteiger charge is -2.27. The number of Topliss-reactive ketones (excluding diaryl/α,β-unsaturated/α-hetero) is 1.